The molecule has 1 N–H and O–H groups in total. The normalized spacial score (nSPS) is 13.1. The monoisotopic (exact) mass is 320 g/mol. The molecule has 0 fully saturated rings. The zero-order valence-corrected chi connectivity index (χ0v) is 12.7. The van der Waals surface area contributed by atoms with E-state index in [4.69, 9.17) is 11.6 Å². The molecule has 0 aromatic carbocycles. The van der Waals surface area contributed by atoms with Crippen molar-refractivity contribution in [3.63, 3.8) is 0 Å². The van der Waals surface area contributed by atoms with Gasteiger partial charge in [-0.1, -0.05) is 11.6 Å². The number of pyridine rings is 1. The van der Waals surface area contributed by atoms with Crippen LogP contribution in [0.5, 0.6) is 0 Å². The maximum atomic E-state index is 12.8. The van der Waals surface area contributed by atoms with Crippen molar-refractivity contribution in [1.29, 1.82) is 0 Å². The van der Waals surface area contributed by atoms with Crippen LogP contribution in [0.4, 0.5) is 13.2 Å². The summed E-state index contributed by atoms with van der Waals surface area (Å²) < 4.78 is 39.8. The van der Waals surface area contributed by atoms with Crippen LogP contribution in [-0.4, -0.2) is 26.7 Å². The number of alkyl halides is 3. The summed E-state index contributed by atoms with van der Waals surface area (Å²) in [5.74, 6) is 0.440. The van der Waals surface area contributed by atoms with Gasteiger partial charge in [0.15, 0.2) is 5.65 Å². The molecule has 2 rings (SSSR count). The van der Waals surface area contributed by atoms with Crippen LogP contribution in [0, 0.1) is 0 Å². The van der Waals surface area contributed by atoms with E-state index in [1.165, 1.54) is 4.40 Å². The summed E-state index contributed by atoms with van der Waals surface area (Å²) in [6.45, 7) is 6.60. The second kappa shape index (κ2) is 5.46. The third-order valence-electron chi connectivity index (χ3n) is 2.86. The Balaban J connectivity index is 2.31. The molecule has 0 saturated heterocycles. The van der Waals surface area contributed by atoms with Crippen molar-refractivity contribution in [1.82, 2.24) is 19.9 Å². The number of hydrogen-bond acceptors (Lipinski definition) is 3. The van der Waals surface area contributed by atoms with Crippen molar-refractivity contribution in [2.45, 2.75) is 38.9 Å². The number of hydrogen-bond donors (Lipinski definition) is 1. The number of nitrogens with zero attached hydrogens (tertiary/aromatic N) is 3. The molecule has 0 amide bonds. The largest absolute Gasteiger partial charge is 0.417 e. The molecular weight excluding hydrogens is 305 g/mol. The van der Waals surface area contributed by atoms with Crippen LogP contribution in [0.1, 0.15) is 32.2 Å². The number of rotatable bonds is 3. The van der Waals surface area contributed by atoms with Crippen LogP contribution in [0.25, 0.3) is 5.65 Å². The highest BCUT2D eigenvalue weighted by atomic mass is 35.5. The van der Waals surface area contributed by atoms with E-state index in [9.17, 15) is 13.2 Å². The second-order valence-corrected chi connectivity index (χ2v) is 6.22. The van der Waals surface area contributed by atoms with Crippen LogP contribution >= 0.6 is 11.6 Å². The van der Waals surface area contributed by atoms with Gasteiger partial charge in [-0.15, -0.1) is 10.2 Å². The van der Waals surface area contributed by atoms with Gasteiger partial charge in [-0.3, -0.25) is 4.40 Å². The van der Waals surface area contributed by atoms with E-state index in [0.717, 1.165) is 12.3 Å². The van der Waals surface area contributed by atoms with Gasteiger partial charge in [0.05, 0.1) is 10.6 Å². The van der Waals surface area contributed by atoms with Crippen molar-refractivity contribution in [2.75, 3.05) is 6.54 Å². The number of aromatic nitrogens is 3. The van der Waals surface area contributed by atoms with E-state index in [1.54, 1.807) is 0 Å². The van der Waals surface area contributed by atoms with Crippen LogP contribution in [0.3, 0.4) is 0 Å². The quantitative estimate of drug-likeness (QED) is 0.943. The first kappa shape index (κ1) is 16.0. The number of nitrogens with one attached hydrogen (secondary N) is 1. The lowest BCUT2D eigenvalue weighted by atomic mass is 10.1. The minimum Gasteiger partial charge on any atom is -0.312 e. The van der Waals surface area contributed by atoms with Gasteiger partial charge in [0.25, 0.3) is 0 Å². The van der Waals surface area contributed by atoms with Crippen LogP contribution in [0.2, 0.25) is 5.02 Å². The number of halogens is 4. The lowest BCUT2D eigenvalue weighted by Crippen LogP contribution is -2.37. The molecular formula is C13H16ClF3N4. The van der Waals surface area contributed by atoms with Gasteiger partial charge < -0.3 is 5.32 Å². The summed E-state index contributed by atoms with van der Waals surface area (Å²) >= 11 is 5.85. The summed E-state index contributed by atoms with van der Waals surface area (Å²) in [4.78, 5) is 0. The molecule has 0 aliphatic carbocycles. The predicted octanol–water partition coefficient (Wildman–Crippen LogP) is 3.33. The second-order valence-electron chi connectivity index (χ2n) is 5.81. The van der Waals surface area contributed by atoms with E-state index in [1.807, 2.05) is 20.8 Å². The van der Waals surface area contributed by atoms with Crippen LogP contribution in [-0.2, 0) is 12.6 Å². The van der Waals surface area contributed by atoms with Crippen molar-refractivity contribution in [3.05, 3.63) is 28.7 Å². The van der Waals surface area contributed by atoms with E-state index >= 15 is 0 Å². The average molecular weight is 321 g/mol. The molecule has 2 aromatic heterocycles. The van der Waals surface area contributed by atoms with E-state index in [0.29, 0.717) is 18.8 Å². The minimum atomic E-state index is -4.46. The topological polar surface area (TPSA) is 42.2 Å². The summed E-state index contributed by atoms with van der Waals surface area (Å²) in [5, 5.41) is 10.9. The zero-order valence-electron chi connectivity index (χ0n) is 11.9. The van der Waals surface area contributed by atoms with E-state index in [-0.39, 0.29) is 16.2 Å². The van der Waals surface area contributed by atoms with Gasteiger partial charge in [0.2, 0.25) is 0 Å². The Kier molecular flexibility index (Phi) is 4.17. The fraction of sp³-hybridized carbons (Fsp3) is 0.538. The van der Waals surface area contributed by atoms with Crippen molar-refractivity contribution in [2.24, 2.45) is 0 Å². The number of fused-ring (bicyclic) bond motifs is 1. The predicted molar refractivity (Wildman–Crippen MR) is 74.5 cm³/mol. The SMILES string of the molecule is CC(C)(C)NCCc1nnc2c(Cl)cc(C(F)(F)F)cn12. The lowest BCUT2D eigenvalue weighted by molar-refractivity contribution is -0.137. The lowest BCUT2D eigenvalue weighted by Gasteiger charge is -2.20. The molecule has 0 unspecified atom stereocenters. The molecule has 0 aliphatic rings. The summed E-state index contributed by atoms with van der Waals surface area (Å²) in [6, 6.07) is 0.864. The molecule has 2 heterocycles. The third kappa shape index (κ3) is 3.85. The summed E-state index contributed by atoms with van der Waals surface area (Å²) in [6.07, 6.45) is -3.02. The highest BCUT2D eigenvalue weighted by Gasteiger charge is 2.32. The smallest absolute Gasteiger partial charge is 0.312 e. The summed E-state index contributed by atoms with van der Waals surface area (Å²) in [7, 11) is 0. The Morgan fingerprint density at radius 3 is 2.48 bits per heavy atom. The molecule has 0 atom stereocenters. The molecule has 0 bridgehead atoms. The third-order valence-corrected chi connectivity index (χ3v) is 3.14. The zero-order chi connectivity index (χ0) is 15.8. The van der Waals surface area contributed by atoms with Gasteiger partial charge in [-0.05, 0) is 26.8 Å². The van der Waals surface area contributed by atoms with Gasteiger partial charge in [0.1, 0.15) is 5.82 Å². The first-order valence-corrected chi connectivity index (χ1v) is 6.81. The van der Waals surface area contributed by atoms with Gasteiger partial charge in [-0.2, -0.15) is 13.2 Å². The average Bonchev–Trinajstić information content (AvgIpc) is 2.70. The standard InChI is InChI=1S/C13H16ClF3N4/c1-12(2,3)18-5-4-10-19-20-11-9(14)6-8(7-21(10)11)13(15,16)17/h6-7,18H,4-5H2,1-3H3. The van der Waals surface area contributed by atoms with E-state index in [2.05, 4.69) is 15.5 Å². The Hall–Kier alpha value is -1.34. The van der Waals surface area contributed by atoms with E-state index < -0.39 is 11.7 Å². The maximum Gasteiger partial charge on any atom is 0.417 e. The molecule has 2 aromatic rings. The van der Waals surface area contributed by atoms with Crippen molar-refractivity contribution in [3.8, 4) is 0 Å². The highest BCUT2D eigenvalue weighted by molar-refractivity contribution is 6.33. The Bertz CT molecular complexity index is 643. The molecule has 4 nitrogen and oxygen atoms in total. The van der Waals surface area contributed by atoms with Crippen LogP contribution < -0.4 is 5.32 Å². The van der Waals surface area contributed by atoms with Crippen molar-refractivity contribution < 1.29 is 13.2 Å². The fourth-order valence-electron chi connectivity index (χ4n) is 1.87. The summed E-state index contributed by atoms with van der Waals surface area (Å²) in [5.41, 5.74) is -0.657. The minimum absolute atomic E-state index is 0.0626. The van der Waals surface area contributed by atoms with Gasteiger partial charge in [-0.25, -0.2) is 0 Å². The molecule has 116 valence electrons. The molecule has 0 saturated carbocycles. The van der Waals surface area contributed by atoms with Gasteiger partial charge >= 0.3 is 6.18 Å². The Labute approximate surface area is 125 Å². The molecule has 0 radical (unpaired) electrons. The molecule has 0 aliphatic heterocycles. The Morgan fingerprint density at radius 1 is 1.24 bits per heavy atom. The molecule has 8 heteroatoms. The first-order chi connectivity index (χ1) is 9.58. The Morgan fingerprint density at radius 2 is 1.90 bits per heavy atom. The van der Waals surface area contributed by atoms with Gasteiger partial charge in [0, 0.05) is 24.7 Å². The molecule has 0 spiro atoms. The highest BCUT2D eigenvalue weighted by Crippen LogP contribution is 2.32. The van der Waals surface area contributed by atoms with Crippen molar-refractivity contribution >= 4 is 17.2 Å². The molecule has 21 heavy (non-hydrogen) atoms. The van der Waals surface area contributed by atoms with Crippen LogP contribution in [0.15, 0.2) is 12.3 Å². The first-order valence-electron chi connectivity index (χ1n) is 6.43. The fourth-order valence-corrected chi connectivity index (χ4v) is 2.12. The maximum absolute atomic E-state index is 12.8.